The molecule has 2 heterocycles. The van der Waals surface area contributed by atoms with Crippen molar-refractivity contribution in [3.8, 4) is 11.5 Å². The van der Waals surface area contributed by atoms with Gasteiger partial charge in [0.15, 0.2) is 0 Å². The molecule has 0 bridgehead atoms. The number of piperidine rings is 1. The summed E-state index contributed by atoms with van der Waals surface area (Å²) < 4.78 is 11.8. The number of hydrogen-bond donors (Lipinski definition) is 5. The number of aromatic hydroxyl groups is 1. The predicted molar refractivity (Wildman–Crippen MR) is 205 cm³/mol. The van der Waals surface area contributed by atoms with Gasteiger partial charge in [0.05, 0.1) is 24.8 Å². The summed E-state index contributed by atoms with van der Waals surface area (Å²) in [6.45, 7) is 4.61. The van der Waals surface area contributed by atoms with Gasteiger partial charge in [-0.3, -0.25) is 9.69 Å². The molecule has 0 amide bonds. The zero-order valence-corrected chi connectivity index (χ0v) is 30.0. The van der Waals surface area contributed by atoms with Crippen LogP contribution >= 0.6 is 0 Å². The molecular formula is C43H49N3O7. The molecule has 0 aliphatic carbocycles. The highest BCUT2D eigenvalue weighted by Crippen LogP contribution is 2.33. The minimum absolute atomic E-state index is 0.0366. The number of unbranched alkanes of at least 4 members (excludes halogenated alkanes) is 2. The maximum atomic E-state index is 13.6. The Morgan fingerprint density at radius 1 is 0.868 bits per heavy atom. The Morgan fingerprint density at radius 2 is 1.57 bits per heavy atom. The molecule has 0 saturated carbocycles. The van der Waals surface area contributed by atoms with E-state index in [0.717, 1.165) is 51.7 Å². The van der Waals surface area contributed by atoms with E-state index in [0.29, 0.717) is 53.0 Å². The number of phenolic OH excluding ortho intramolecular Hbond substituents is 1. The molecule has 1 aromatic heterocycles. The molecule has 2 atom stereocenters. The summed E-state index contributed by atoms with van der Waals surface area (Å²) in [5, 5.41) is 36.7. The minimum atomic E-state index is -1.96. The number of nitrogens with zero attached hydrogens (tertiary/aromatic N) is 1. The van der Waals surface area contributed by atoms with Crippen LogP contribution in [0, 0.1) is 5.92 Å². The van der Waals surface area contributed by atoms with Crippen LogP contribution in [0.1, 0.15) is 60.5 Å². The summed E-state index contributed by atoms with van der Waals surface area (Å²) in [6.07, 6.45) is 3.68. The van der Waals surface area contributed by atoms with Crippen LogP contribution in [0.4, 0.5) is 0 Å². The Hall–Kier alpha value is -5.00. The lowest BCUT2D eigenvalue weighted by Gasteiger charge is -2.33. The Morgan fingerprint density at radius 3 is 2.30 bits per heavy atom. The van der Waals surface area contributed by atoms with E-state index in [-0.39, 0.29) is 23.8 Å². The first kappa shape index (κ1) is 37.7. The third kappa shape index (κ3) is 9.71. The molecule has 10 nitrogen and oxygen atoms in total. The van der Waals surface area contributed by atoms with Gasteiger partial charge in [0.2, 0.25) is 11.2 Å². The van der Waals surface area contributed by atoms with Crippen LogP contribution < -0.4 is 15.6 Å². The lowest BCUT2D eigenvalue weighted by atomic mass is 9.86. The van der Waals surface area contributed by atoms with Gasteiger partial charge < -0.3 is 35.1 Å². The van der Waals surface area contributed by atoms with Crippen LogP contribution in [0.15, 0.2) is 114 Å². The van der Waals surface area contributed by atoms with Crippen molar-refractivity contribution in [2.45, 2.75) is 50.4 Å². The fourth-order valence-electron chi connectivity index (χ4n) is 6.94. The average molecular weight is 720 g/mol. The van der Waals surface area contributed by atoms with Crippen LogP contribution in [0.5, 0.6) is 11.5 Å². The number of pyridine rings is 1. The highest BCUT2D eigenvalue weighted by atomic mass is 16.5. The highest BCUT2D eigenvalue weighted by molar-refractivity contribution is 5.87. The van der Waals surface area contributed by atoms with E-state index in [2.05, 4.69) is 39.5 Å². The molecule has 10 heteroatoms. The fraction of sp³-hybridized carbons (Fsp3) is 0.349. The molecule has 4 aromatic carbocycles. The Balaban J connectivity index is 0.935. The third-order valence-corrected chi connectivity index (χ3v) is 10.0. The van der Waals surface area contributed by atoms with Crippen LogP contribution in [0.25, 0.3) is 10.9 Å². The van der Waals surface area contributed by atoms with E-state index in [4.69, 9.17) is 9.47 Å². The van der Waals surface area contributed by atoms with Crippen molar-refractivity contribution in [3.63, 3.8) is 0 Å². The van der Waals surface area contributed by atoms with Crippen molar-refractivity contribution in [3.05, 3.63) is 142 Å². The first-order valence-electron chi connectivity index (χ1n) is 18.5. The van der Waals surface area contributed by atoms with Gasteiger partial charge in [-0.15, -0.1) is 0 Å². The van der Waals surface area contributed by atoms with Gasteiger partial charge in [-0.25, -0.2) is 4.79 Å². The van der Waals surface area contributed by atoms with Gasteiger partial charge in [0.25, 0.3) is 0 Å². The molecule has 1 unspecified atom stereocenters. The monoisotopic (exact) mass is 719 g/mol. The largest absolute Gasteiger partial charge is 0.506 e. The zero-order chi connectivity index (χ0) is 37.0. The highest BCUT2D eigenvalue weighted by Gasteiger charge is 2.42. The van der Waals surface area contributed by atoms with Crippen molar-refractivity contribution in [2.75, 3.05) is 39.4 Å². The standard InChI is InChI=1S/C43H49N3O7/c47-38-20-18-36(37-19-21-40(49)45-41(37)38)39(48)28-44-24-8-3-9-27-52-35-16-14-34(15-17-35)43(51,33-12-6-2-7-13-33)42(50)53-30-32-22-25-46(26-23-32)29-31-10-4-1-5-11-31/h1-2,4-7,10-21,32,39,44,47-48,51H,3,8-9,22-30H2,(H,45,49)/t39-,43?/m0/s1. The summed E-state index contributed by atoms with van der Waals surface area (Å²) in [5.74, 6) is 0.163. The summed E-state index contributed by atoms with van der Waals surface area (Å²) in [4.78, 5) is 30.4. The molecule has 53 heavy (non-hydrogen) atoms. The van der Waals surface area contributed by atoms with E-state index >= 15 is 0 Å². The molecule has 0 radical (unpaired) electrons. The van der Waals surface area contributed by atoms with Gasteiger partial charge >= 0.3 is 5.97 Å². The number of aromatic amines is 1. The first-order valence-corrected chi connectivity index (χ1v) is 18.5. The van der Waals surface area contributed by atoms with E-state index in [1.165, 1.54) is 17.7 Å². The van der Waals surface area contributed by atoms with E-state index in [1.54, 1.807) is 60.7 Å². The normalized spacial score (nSPS) is 15.5. The summed E-state index contributed by atoms with van der Waals surface area (Å²) in [5.41, 5.74) is 0.835. The number of benzene rings is 4. The molecule has 1 aliphatic heterocycles. The van der Waals surface area contributed by atoms with Crippen LogP contribution in [-0.2, 0) is 21.7 Å². The van der Waals surface area contributed by atoms with Crippen molar-refractivity contribution < 1.29 is 29.6 Å². The SMILES string of the molecule is O=C(OCC1CCN(Cc2ccccc2)CC1)C(O)(c1ccccc1)c1ccc(OCCCCCNC[C@H](O)c2ccc(O)c3[nH]c(=O)ccc23)cc1. The molecule has 5 aromatic rings. The number of fused-ring (bicyclic) bond motifs is 1. The topological polar surface area (TPSA) is 144 Å². The number of carbonyl (C=O) groups excluding carboxylic acids is 1. The minimum Gasteiger partial charge on any atom is -0.506 e. The molecule has 1 fully saturated rings. The number of aliphatic hydroxyl groups excluding tert-OH is 1. The Kier molecular flexibility index (Phi) is 12.9. The second-order valence-electron chi connectivity index (χ2n) is 13.8. The number of hydrogen-bond acceptors (Lipinski definition) is 9. The van der Waals surface area contributed by atoms with E-state index in [9.17, 15) is 24.9 Å². The number of ether oxygens (including phenoxy) is 2. The molecule has 1 aliphatic rings. The number of rotatable bonds is 17. The van der Waals surface area contributed by atoms with E-state index in [1.807, 2.05) is 12.1 Å². The summed E-state index contributed by atoms with van der Waals surface area (Å²) in [7, 11) is 0. The van der Waals surface area contributed by atoms with Gasteiger partial charge in [0, 0.05) is 24.5 Å². The number of carbonyl (C=O) groups is 1. The number of nitrogens with one attached hydrogen (secondary N) is 2. The van der Waals surface area contributed by atoms with Gasteiger partial charge in [-0.05, 0) is 104 Å². The van der Waals surface area contributed by atoms with Crippen molar-refractivity contribution in [2.24, 2.45) is 5.92 Å². The molecule has 0 spiro atoms. The van der Waals surface area contributed by atoms with Crippen molar-refractivity contribution in [1.29, 1.82) is 0 Å². The number of H-pyrrole nitrogens is 1. The van der Waals surface area contributed by atoms with Gasteiger partial charge in [0.1, 0.15) is 11.5 Å². The second kappa shape index (κ2) is 18.2. The lowest BCUT2D eigenvalue weighted by Crippen LogP contribution is -2.40. The fourth-order valence-corrected chi connectivity index (χ4v) is 6.94. The second-order valence-corrected chi connectivity index (χ2v) is 13.8. The molecule has 1 saturated heterocycles. The predicted octanol–water partition coefficient (Wildman–Crippen LogP) is 5.80. The molecule has 278 valence electrons. The smallest absolute Gasteiger partial charge is 0.347 e. The first-order chi connectivity index (χ1) is 25.8. The molecule has 6 rings (SSSR count). The maximum Gasteiger partial charge on any atom is 0.347 e. The molecular weight excluding hydrogens is 670 g/mol. The van der Waals surface area contributed by atoms with Crippen LogP contribution in [-0.4, -0.2) is 70.6 Å². The number of aromatic nitrogens is 1. The van der Waals surface area contributed by atoms with Crippen LogP contribution in [0.3, 0.4) is 0 Å². The molecule has 5 N–H and O–H groups in total. The number of likely N-dealkylation sites (tertiary alicyclic amines) is 1. The maximum absolute atomic E-state index is 13.6. The van der Waals surface area contributed by atoms with Crippen molar-refractivity contribution >= 4 is 16.9 Å². The Labute approximate surface area is 310 Å². The number of aliphatic hydroxyl groups is 2. The lowest BCUT2D eigenvalue weighted by molar-refractivity contribution is -0.164. The average Bonchev–Trinajstić information content (AvgIpc) is 3.19. The Bertz CT molecular complexity index is 1960. The summed E-state index contributed by atoms with van der Waals surface area (Å²) in [6, 6.07) is 32.5. The third-order valence-electron chi connectivity index (χ3n) is 10.0. The van der Waals surface area contributed by atoms with Gasteiger partial charge in [-0.2, -0.15) is 0 Å². The zero-order valence-electron chi connectivity index (χ0n) is 30.0. The van der Waals surface area contributed by atoms with E-state index < -0.39 is 17.7 Å². The number of phenols is 1. The van der Waals surface area contributed by atoms with Gasteiger partial charge in [-0.1, -0.05) is 78.9 Å². The summed E-state index contributed by atoms with van der Waals surface area (Å²) >= 11 is 0. The van der Waals surface area contributed by atoms with Crippen LogP contribution in [0.2, 0.25) is 0 Å². The van der Waals surface area contributed by atoms with Crippen molar-refractivity contribution in [1.82, 2.24) is 15.2 Å². The quantitative estimate of drug-likeness (QED) is 0.0596. The number of esters is 1.